The van der Waals surface area contributed by atoms with Crippen LogP contribution >= 0.6 is 0 Å². The molecular weight excluding hydrogens is 438 g/mol. The van der Waals surface area contributed by atoms with Crippen LogP contribution in [-0.4, -0.2) is 39.0 Å². The predicted octanol–water partition coefficient (Wildman–Crippen LogP) is 4.76. The second kappa shape index (κ2) is 8.42. The van der Waals surface area contributed by atoms with Gasteiger partial charge in [0.15, 0.2) is 9.84 Å². The average molecular weight is 462 g/mol. The molecule has 0 unspecified atom stereocenters. The highest BCUT2D eigenvalue weighted by Crippen LogP contribution is 2.41. The largest absolute Gasteiger partial charge is 0.508 e. The van der Waals surface area contributed by atoms with Gasteiger partial charge < -0.3 is 19.9 Å². The molecule has 0 atom stereocenters. The standard InChI is InChI=1S/C26H23NO5S/c1-33(29,30)23-10-2-17(3-11-23)24-12-4-18-14-19(28)5-13-25(18)26(24)32-21-8-6-20(7-9-21)31-22-15-27-16-22/h2-14,22,27-28H,15-16H2,1H3. The highest BCUT2D eigenvalue weighted by Gasteiger charge is 2.18. The van der Waals surface area contributed by atoms with E-state index >= 15 is 0 Å². The zero-order valence-electron chi connectivity index (χ0n) is 18.0. The van der Waals surface area contributed by atoms with E-state index in [1.807, 2.05) is 42.5 Å². The lowest BCUT2D eigenvalue weighted by Crippen LogP contribution is -2.50. The predicted molar refractivity (Wildman–Crippen MR) is 128 cm³/mol. The van der Waals surface area contributed by atoms with E-state index in [1.54, 1.807) is 36.4 Å². The van der Waals surface area contributed by atoms with Crippen molar-refractivity contribution in [2.24, 2.45) is 0 Å². The van der Waals surface area contributed by atoms with Gasteiger partial charge in [-0.2, -0.15) is 0 Å². The van der Waals surface area contributed by atoms with Crippen LogP contribution in [0.1, 0.15) is 0 Å². The van der Waals surface area contributed by atoms with Gasteiger partial charge >= 0.3 is 0 Å². The molecule has 0 spiro atoms. The van der Waals surface area contributed by atoms with Crippen molar-refractivity contribution in [3.63, 3.8) is 0 Å². The summed E-state index contributed by atoms with van der Waals surface area (Å²) in [7, 11) is -3.29. The molecule has 6 nitrogen and oxygen atoms in total. The molecule has 33 heavy (non-hydrogen) atoms. The van der Waals surface area contributed by atoms with Crippen LogP contribution in [0, 0.1) is 0 Å². The summed E-state index contributed by atoms with van der Waals surface area (Å²) >= 11 is 0. The average Bonchev–Trinajstić information content (AvgIpc) is 2.77. The maximum Gasteiger partial charge on any atom is 0.175 e. The van der Waals surface area contributed by atoms with Crippen molar-refractivity contribution >= 4 is 20.6 Å². The Hall–Kier alpha value is -3.55. The first-order chi connectivity index (χ1) is 15.9. The molecule has 5 rings (SSSR count). The number of hydrogen-bond acceptors (Lipinski definition) is 6. The van der Waals surface area contributed by atoms with Crippen LogP contribution in [0.15, 0.2) is 83.8 Å². The van der Waals surface area contributed by atoms with Crippen LogP contribution in [0.5, 0.6) is 23.0 Å². The zero-order chi connectivity index (χ0) is 23.0. The third kappa shape index (κ3) is 4.51. The van der Waals surface area contributed by atoms with E-state index in [4.69, 9.17) is 9.47 Å². The van der Waals surface area contributed by atoms with Gasteiger partial charge in [0.25, 0.3) is 0 Å². The van der Waals surface area contributed by atoms with Crippen LogP contribution in [0.25, 0.3) is 21.9 Å². The fourth-order valence-electron chi connectivity index (χ4n) is 3.75. The van der Waals surface area contributed by atoms with Gasteiger partial charge in [0.2, 0.25) is 0 Å². The number of rotatable bonds is 6. The van der Waals surface area contributed by atoms with Crippen molar-refractivity contribution in [1.29, 1.82) is 0 Å². The molecule has 0 amide bonds. The molecule has 0 aromatic heterocycles. The van der Waals surface area contributed by atoms with Crippen molar-refractivity contribution in [3.05, 3.63) is 78.9 Å². The molecule has 1 fully saturated rings. The third-order valence-electron chi connectivity index (χ3n) is 5.64. The Morgan fingerprint density at radius 2 is 1.58 bits per heavy atom. The van der Waals surface area contributed by atoms with Crippen molar-refractivity contribution in [1.82, 2.24) is 5.32 Å². The molecule has 2 N–H and O–H groups in total. The van der Waals surface area contributed by atoms with E-state index in [-0.39, 0.29) is 16.7 Å². The monoisotopic (exact) mass is 461 g/mol. The zero-order valence-corrected chi connectivity index (χ0v) is 18.8. The van der Waals surface area contributed by atoms with Gasteiger partial charge in [0.05, 0.1) is 4.90 Å². The second-order valence-corrected chi connectivity index (χ2v) is 10.1. The van der Waals surface area contributed by atoms with Gasteiger partial charge in [-0.15, -0.1) is 0 Å². The molecule has 1 heterocycles. The Bertz CT molecular complexity index is 1410. The number of hydrogen-bond donors (Lipinski definition) is 2. The summed E-state index contributed by atoms with van der Waals surface area (Å²) < 4.78 is 35.9. The molecule has 7 heteroatoms. The molecular formula is C26H23NO5S. The number of fused-ring (bicyclic) bond motifs is 1. The van der Waals surface area contributed by atoms with E-state index in [0.717, 1.165) is 40.7 Å². The summed E-state index contributed by atoms with van der Waals surface area (Å²) in [5.41, 5.74) is 1.64. The number of aromatic hydroxyl groups is 1. The van der Waals surface area contributed by atoms with Gasteiger partial charge in [-0.25, -0.2) is 8.42 Å². The van der Waals surface area contributed by atoms with E-state index in [9.17, 15) is 13.5 Å². The van der Waals surface area contributed by atoms with Gasteiger partial charge in [0, 0.05) is 30.3 Å². The van der Waals surface area contributed by atoms with Crippen molar-refractivity contribution in [2.45, 2.75) is 11.0 Å². The number of phenolic OH excluding ortho intramolecular Hbond substituents is 1. The molecule has 4 aromatic carbocycles. The van der Waals surface area contributed by atoms with Crippen LogP contribution < -0.4 is 14.8 Å². The Morgan fingerprint density at radius 3 is 2.21 bits per heavy atom. The maximum atomic E-state index is 11.9. The Labute approximate surface area is 192 Å². The lowest BCUT2D eigenvalue weighted by molar-refractivity contribution is 0.142. The minimum atomic E-state index is -3.29. The smallest absolute Gasteiger partial charge is 0.175 e. The van der Waals surface area contributed by atoms with Crippen LogP contribution in [0.4, 0.5) is 0 Å². The van der Waals surface area contributed by atoms with E-state index in [0.29, 0.717) is 11.5 Å². The summed E-state index contributed by atoms with van der Waals surface area (Å²) in [6.45, 7) is 1.70. The Morgan fingerprint density at radius 1 is 0.879 bits per heavy atom. The lowest BCUT2D eigenvalue weighted by Gasteiger charge is -2.27. The molecule has 0 aliphatic carbocycles. The highest BCUT2D eigenvalue weighted by molar-refractivity contribution is 7.90. The van der Waals surface area contributed by atoms with Crippen molar-refractivity contribution < 1.29 is 23.0 Å². The molecule has 0 bridgehead atoms. The molecule has 1 aliphatic heterocycles. The highest BCUT2D eigenvalue weighted by atomic mass is 32.2. The summed E-state index contributed by atoms with van der Waals surface area (Å²) in [6, 6.07) is 23.1. The van der Waals surface area contributed by atoms with Gasteiger partial charge in [-0.1, -0.05) is 18.2 Å². The minimum Gasteiger partial charge on any atom is -0.508 e. The van der Waals surface area contributed by atoms with E-state index < -0.39 is 9.84 Å². The number of nitrogens with one attached hydrogen (secondary N) is 1. The molecule has 1 aliphatic rings. The number of phenols is 1. The number of benzene rings is 4. The van der Waals surface area contributed by atoms with Crippen molar-refractivity contribution in [2.75, 3.05) is 19.3 Å². The number of ether oxygens (including phenoxy) is 2. The Kier molecular flexibility index (Phi) is 5.44. The van der Waals surface area contributed by atoms with Gasteiger partial charge in [-0.3, -0.25) is 0 Å². The topological polar surface area (TPSA) is 84.9 Å². The molecule has 1 saturated heterocycles. The lowest BCUT2D eigenvalue weighted by atomic mass is 9.99. The van der Waals surface area contributed by atoms with Crippen LogP contribution in [0.3, 0.4) is 0 Å². The summed E-state index contributed by atoms with van der Waals surface area (Å²) in [4.78, 5) is 0.261. The van der Waals surface area contributed by atoms with Gasteiger partial charge in [0.1, 0.15) is 29.1 Å². The summed E-state index contributed by atoms with van der Waals surface area (Å²) in [5, 5.41) is 14.8. The summed E-state index contributed by atoms with van der Waals surface area (Å²) in [5.74, 6) is 2.22. The normalized spacial score (nSPS) is 14.1. The van der Waals surface area contributed by atoms with Gasteiger partial charge in [-0.05, 0) is 71.6 Å². The molecule has 0 saturated carbocycles. The maximum absolute atomic E-state index is 11.9. The van der Waals surface area contributed by atoms with E-state index in [2.05, 4.69) is 5.32 Å². The quantitative estimate of drug-likeness (QED) is 0.431. The molecule has 0 radical (unpaired) electrons. The molecule has 4 aromatic rings. The fraction of sp³-hybridized carbons (Fsp3) is 0.154. The summed E-state index contributed by atoms with van der Waals surface area (Å²) in [6.07, 6.45) is 1.39. The second-order valence-electron chi connectivity index (χ2n) is 8.12. The number of sulfone groups is 1. The Balaban J connectivity index is 1.54. The first-order valence-corrected chi connectivity index (χ1v) is 12.5. The van der Waals surface area contributed by atoms with E-state index in [1.165, 1.54) is 6.26 Å². The van der Waals surface area contributed by atoms with Crippen LogP contribution in [0.2, 0.25) is 0 Å². The first-order valence-electron chi connectivity index (χ1n) is 10.6. The molecule has 168 valence electrons. The fourth-order valence-corrected chi connectivity index (χ4v) is 4.38. The third-order valence-corrected chi connectivity index (χ3v) is 6.77. The van der Waals surface area contributed by atoms with Crippen molar-refractivity contribution in [3.8, 4) is 34.1 Å². The SMILES string of the molecule is CS(=O)(=O)c1ccc(-c2ccc3cc(O)ccc3c2Oc2ccc(OC3CNC3)cc2)cc1. The first kappa shape index (κ1) is 21.3. The minimum absolute atomic E-state index is 0.172. The van der Waals surface area contributed by atoms with Crippen LogP contribution in [-0.2, 0) is 9.84 Å².